The maximum Gasteiger partial charge on any atom is 0.690 e. The van der Waals surface area contributed by atoms with Crippen molar-refractivity contribution in [1.29, 1.82) is 0 Å². The van der Waals surface area contributed by atoms with Crippen molar-refractivity contribution in [3.63, 3.8) is 0 Å². The lowest BCUT2D eigenvalue weighted by Crippen LogP contribution is -2.51. The van der Waals surface area contributed by atoms with Gasteiger partial charge in [-0.2, -0.15) is 9.07 Å². The van der Waals surface area contributed by atoms with Crippen LogP contribution in [0, 0.1) is 6.92 Å². The van der Waals surface area contributed by atoms with Crippen molar-refractivity contribution in [2.45, 2.75) is 11.8 Å². The Morgan fingerprint density at radius 3 is 2.22 bits per heavy atom. The molecule has 0 saturated carbocycles. The van der Waals surface area contributed by atoms with Gasteiger partial charge in [0.15, 0.2) is 0 Å². The van der Waals surface area contributed by atoms with Crippen LogP contribution in [0.2, 0.25) is 0 Å². The van der Waals surface area contributed by atoms with Crippen LogP contribution in [-0.4, -0.2) is 41.2 Å². The highest BCUT2D eigenvalue weighted by Crippen LogP contribution is 2.36. The molecule has 0 aliphatic heterocycles. The molecule has 0 atom stereocenters. The van der Waals surface area contributed by atoms with Gasteiger partial charge in [0, 0.05) is 20.4 Å². The summed E-state index contributed by atoms with van der Waals surface area (Å²) in [5.74, 6) is 0. The molecule has 102 valence electrons. The Balaban J connectivity index is 3.30. The molecule has 18 heavy (non-hydrogen) atoms. The van der Waals surface area contributed by atoms with E-state index in [0.29, 0.717) is 4.90 Å². The Hall–Kier alpha value is -0.795. The Labute approximate surface area is 106 Å². The minimum absolute atomic E-state index is 0.332. The summed E-state index contributed by atoms with van der Waals surface area (Å²) in [6, 6.07) is 6.72. The average molecular weight is 277 g/mol. The summed E-state index contributed by atoms with van der Waals surface area (Å²) in [5, 5.41) is 9.10. The second-order valence-electron chi connectivity index (χ2n) is 4.31. The summed E-state index contributed by atoms with van der Waals surface area (Å²) in [5.41, 5.74) is 0.981. The van der Waals surface area contributed by atoms with Crippen LogP contribution in [0.25, 0.3) is 0 Å². The summed E-state index contributed by atoms with van der Waals surface area (Å²) in [4.78, 5) is 3.47. The normalized spacial score (nSPS) is 14.3. The summed E-state index contributed by atoms with van der Waals surface area (Å²) in [7, 11) is -3.23. The Bertz CT molecular complexity index is 481. The number of hydrogen-bond donors (Lipinski definition) is 1. The number of rotatable bonds is 5. The number of nitrogens with zero attached hydrogens (tertiary/aromatic N) is 1. The van der Waals surface area contributed by atoms with Gasteiger partial charge in [-0.25, -0.2) is 4.31 Å². The highest BCUT2D eigenvalue weighted by Gasteiger charge is 2.38. The average Bonchev–Trinajstić information content (AvgIpc) is 2.29. The van der Waals surface area contributed by atoms with Crippen molar-refractivity contribution in [2.24, 2.45) is 0 Å². The second-order valence-corrected chi connectivity index (χ2v) is 8.10. The first kappa shape index (κ1) is 15.3. The van der Waals surface area contributed by atoms with Crippen LogP contribution < -0.4 is 0 Å². The fourth-order valence-corrected chi connectivity index (χ4v) is 3.28. The third-order valence-corrected chi connectivity index (χ3v) is 6.43. The summed E-state index contributed by atoms with van der Waals surface area (Å²) in [6.07, 6.45) is 1.30. The maximum atomic E-state index is 13.1. The lowest BCUT2D eigenvalue weighted by Gasteiger charge is -2.49. The Morgan fingerprint density at radius 2 is 1.83 bits per heavy atom. The third kappa shape index (κ3) is 2.78. The van der Waals surface area contributed by atoms with E-state index in [1.165, 1.54) is 24.7 Å². The number of hydrogen-bond acceptors (Lipinski definition) is 4. The van der Waals surface area contributed by atoms with Crippen LogP contribution in [0.1, 0.15) is 5.56 Å². The number of benzene rings is 1. The third-order valence-electron chi connectivity index (χ3n) is 2.79. The van der Waals surface area contributed by atoms with Crippen LogP contribution in [-0.2, 0) is 18.5 Å². The molecule has 0 spiro atoms. The molecular formula is C10H17BFNO4S. The van der Waals surface area contributed by atoms with Gasteiger partial charge in [-0.3, -0.25) is 4.10 Å². The summed E-state index contributed by atoms with van der Waals surface area (Å²) in [6.45, 7) is 1.88. The largest absolute Gasteiger partial charge is 0.690 e. The fraction of sp³-hybridized carbons (Fsp3) is 0.400. The van der Waals surface area contributed by atoms with Crippen LogP contribution in [0.5, 0.6) is 0 Å². The van der Waals surface area contributed by atoms with Gasteiger partial charge in [-0.1, -0.05) is 22.2 Å². The van der Waals surface area contributed by atoms with E-state index in [1.54, 1.807) is 24.3 Å². The maximum absolute atomic E-state index is 13.1. The number of halogens is 1. The second kappa shape index (κ2) is 5.06. The van der Waals surface area contributed by atoms with E-state index in [1.807, 2.05) is 6.92 Å². The lowest BCUT2D eigenvalue weighted by molar-refractivity contribution is -0.0528. The van der Waals surface area contributed by atoms with E-state index in [-0.39, 0.29) is 0 Å². The first-order valence-corrected chi connectivity index (χ1v) is 7.48. The molecular weight excluding hydrogens is 260 g/mol. The molecule has 1 N–H and O–H groups in total. The van der Waals surface area contributed by atoms with Crippen LogP contribution in [0.4, 0.5) is 4.53 Å². The standard InChI is InChI=1S/C10H17BFNO4S/c1-9-5-7-10(8-6-9)18(4,15,13(2)3)17-11(14)16-12/h5-8,14H,1-4H3. The topological polar surface area (TPSA) is 59.0 Å². The first-order chi connectivity index (χ1) is 8.19. The minimum atomic E-state index is -4.04. The zero-order valence-corrected chi connectivity index (χ0v) is 11.6. The molecule has 0 amide bonds. The van der Waals surface area contributed by atoms with E-state index < -0.39 is 16.9 Å². The Morgan fingerprint density at radius 1 is 1.33 bits per heavy atom. The molecule has 0 aromatic heterocycles. The molecule has 0 bridgehead atoms. The zero-order valence-electron chi connectivity index (χ0n) is 10.8. The van der Waals surface area contributed by atoms with Crippen molar-refractivity contribution in [3.8, 4) is 0 Å². The Kier molecular flexibility index (Phi) is 4.29. The predicted octanol–water partition coefficient (Wildman–Crippen LogP) is 1.09. The molecule has 5 nitrogen and oxygen atoms in total. The van der Waals surface area contributed by atoms with Gasteiger partial charge in [0.05, 0.1) is 4.90 Å². The SMILES string of the molecule is Cc1ccc(S(C)(=O)(OB(O)OF)N(C)C)cc1. The monoisotopic (exact) mass is 277 g/mol. The van der Waals surface area contributed by atoms with Crippen LogP contribution in [0.15, 0.2) is 29.2 Å². The van der Waals surface area contributed by atoms with Gasteiger partial charge in [0.1, 0.15) is 0 Å². The summed E-state index contributed by atoms with van der Waals surface area (Å²) < 4.78 is 31.2. The molecule has 1 rings (SSSR count). The predicted molar refractivity (Wildman–Crippen MR) is 68.4 cm³/mol. The molecule has 1 aromatic carbocycles. The van der Waals surface area contributed by atoms with Gasteiger partial charge in [0.25, 0.3) is 0 Å². The van der Waals surface area contributed by atoms with E-state index in [2.05, 4.69) is 4.86 Å². The molecule has 0 radical (unpaired) electrons. The molecule has 0 heterocycles. The van der Waals surface area contributed by atoms with Crippen molar-refractivity contribution >= 4 is 16.9 Å². The van der Waals surface area contributed by atoms with Gasteiger partial charge in [0.2, 0.25) is 0 Å². The van der Waals surface area contributed by atoms with Gasteiger partial charge in [-0.05, 0) is 19.1 Å². The smallest absolute Gasteiger partial charge is 0.399 e. The molecule has 0 unspecified atom stereocenters. The molecule has 0 fully saturated rings. The van der Waals surface area contributed by atoms with E-state index in [0.717, 1.165) is 5.56 Å². The first-order valence-electron chi connectivity index (χ1n) is 5.23. The highest BCUT2D eigenvalue weighted by molar-refractivity contribution is 8.13. The molecule has 8 heteroatoms. The van der Waals surface area contributed by atoms with Crippen molar-refractivity contribution in [3.05, 3.63) is 29.8 Å². The highest BCUT2D eigenvalue weighted by atomic mass is 32.3. The minimum Gasteiger partial charge on any atom is -0.399 e. The quantitative estimate of drug-likeness (QED) is 0.818. The van der Waals surface area contributed by atoms with Gasteiger partial charge in [-0.15, -0.1) is 9.53 Å². The van der Waals surface area contributed by atoms with Crippen molar-refractivity contribution in [1.82, 2.24) is 4.31 Å². The molecule has 0 saturated heterocycles. The van der Waals surface area contributed by atoms with Crippen LogP contribution in [0.3, 0.4) is 0 Å². The fourth-order valence-electron chi connectivity index (χ4n) is 1.41. The lowest BCUT2D eigenvalue weighted by atomic mass is 10.2. The van der Waals surface area contributed by atoms with Crippen molar-refractivity contribution < 1.29 is 22.7 Å². The van der Waals surface area contributed by atoms with Crippen molar-refractivity contribution in [2.75, 3.05) is 20.4 Å². The summed E-state index contributed by atoms with van der Waals surface area (Å²) >= 11 is 0. The molecule has 0 aliphatic rings. The number of aryl methyl sites for hydroxylation is 1. The van der Waals surface area contributed by atoms with Gasteiger partial charge >= 0.3 is 7.32 Å². The zero-order chi connectivity index (χ0) is 14.0. The van der Waals surface area contributed by atoms with E-state index in [9.17, 15) is 8.74 Å². The van der Waals surface area contributed by atoms with Crippen LogP contribution >= 0.6 is 0 Å². The van der Waals surface area contributed by atoms with Gasteiger partial charge < -0.3 is 5.02 Å². The van der Waals surface area contributed by atoms with E-state index in [4.69, 9.17) is 9.12 Å². The molecule has 1 aromatic rings. The van der Waals surface area contributed by atoms with E-state index >= 15 is 0 Å². The molecule has 0 aliphatic carbocycles.